The van der Waals surface area contributed by atoms with Crippen molar-refractivity contribution in [2.24, 2.45) is 22.7 Å². The van der Waals surface area contributed by atoms with Crippen molar-refractivity contribution in [1.82, 2.24) is 10.2 Å². The molecule has 1 saturated heterocycles. The normalized spacial score (nSPS) is 34.7. The zero-order valence-electron chi connectivity index (χ0n) is 14.1. The van der Waals surface area contributed by atoms with Gasteiger partial charge in [0.05, 0.1) is 0 Å². The Bertz CT molecular complexity index is 305. The maximum absolute atomic E-state index is 3.72. The van der Waals surface area contributed by atoms with Crippen LogP contribution >= 0.6 is 0 Å². The maximum atomic E-state index is 3.72. The fourth-order valence-corrected chi connectivity index (χ4v) is 4.06. The van der Waals surface area contributed by atoms with Gasteiger partial charge in [-0.2, -0.15) is 0 Å². The summed E-state index contributed by atoms with van der Waals surface area (Å²) in [6, 6.07) is 1.41. The van der Waals surface area contributed by atoms with Crippen molar-refractivity contribution >= 4 is 0 Å². The highest BCUT2D eigenvalue weighted by atomic mass is 15.2. The molecule has 2 unspecified atom stereocenters. The van der Waals surface area contributed by atoms with E-state index >= 15 is 0 Å². The minimum atomic E-state index is 0.515. The highest BCUT2D eigenvalue weighted by molar-refractivity contribution is 5.13. The average Bonchev–Trinajstić information content (AvgIpc) is 2.71. The van der Waals surface area contributed by atoms with Crippen LogP contribution in [0.4, 0.5) is 0 Å². The Labute approximate surface area is 120 Å². The fourth-order valence-electron chi connectivity index (χ4n) is 4.06. The van der Waals surface area contributed by atoms with Crippen molar-refractivity contribution in [2.75, 3.05) is 19.6 Å². The van der Waals surface area contributed by atoms with Crippen LogP contribution in [0.1, 0.15) is 54.9 Å². The van der Waals surface area contributed by atoms with Crippen LogP contribution in [0.5, 0.6) is 0 Å². The molecule has 0 aromatic carbocycles. The lowest BCUT2D eigenvalue weighted by molar-refractivity contribution is 0.0866. The quantitative estimate of drug-likeness (QED) is 0.839. The lowest BCUT2D eigenvalue weighted by Gasteiger charge is -2.42. The highest BCUT2D eigenvalue weighted by Gasteiger charge is 2.64. The van der Waals surface area contributed by atoms with E-state index in [0.29, 0.717) is 16.9 Å². The molecule has 1 aliphatic carbocycles. The number of nitrogens with one attached hydrogen (secondary N) is 1. The first kappa shape index (κ1) is 15.3. The van der Waals surface area contributed by atoms with Crippen LogP contribution in [0.25, 0.3) is 0 Å². The SMILES string of the molecule is CCC1CN(CC2C(C)(C)C2(C)C)C(C(C)C)CN1. The molecule has 2 rings (SSSR count). The fraction of sp³-hybridized carbons (Fsp3) is 1.00. The summed E-state index contributed by atoms with van der Waals surface area (Å²) in [6.07, 6.45) is 1.25. The van der Waals surface area contributed by atoms with Gasteiger partial charge in [0, 0.05) is 31.7 Å². The third-order valence-corrected chi connectivity index (χ3v) is 6.54. The molecule has 1 aliphatic heterocycles. The van der Waals surface area contributed by atoms with Gasteiger partial charge >= 0.3 is 0 Å². The first-order valence-corrected chi connectivity index (χ1v) is 8.19. The molecule has 0 radical (unpaired) electrons. The van der Waals surface area contributed by atoms with Crippen molar-refractivity contribution < 1.29 is 0 Å². The molecule has 1 N–H and O–H groups in total. The van der Waals surface area contributed by atoms with Gasteiger partial charge < -0.3 is 5.32 Å². The van der Waals surface area contributed by atoms with E-state index in [-0.39, 0.29) is 0 Å². The third-order valence-electron chi connectivity index (χ3n) is 6.54. The Morgan fingerprint density at radius 1 is 1.16 bits per heavy atom. The molecule has 0 amide bonds. The smallest absolute Gasteiger partial charge is 0.0244 e. The Morgan fingerprint density at radius 3 is 2.16 bits per heavy atom. The van der Waals surface area contributed by atoms with Crippen LogP contribution in [0.2, 0.25) is 0 Å². The summed E-state index contributed by atoms with van der Waals surface area (Å²) in [6.45, 7) is 20.5. The van der Waals surface area contributed by atoms with Crippen LogP contribution < -0.4 is 5.32 Å². The van der Waals surface area contributed by atoms with E-state index in [2.05, 4.69) is 58.7 Å². The molecule has 0 spiro atoms. The van der Waals surface area contributed by atoms with Crippen LogP contribution in [-0.4, -0.2) is 36.6 Å². The largest absolute Gasteiger partial charge is 0.311 e. The molecule has 1 saturated carbocycles. The van der Waals surface area contributed by atoms with Crippen molar-refractivity contribution in [3.05, 3.63) is 0 Å². The van der Waals surface area contributed by atoms with Crippen LogP contribution in [0, 0.1) is 22.7 Å². The van der Waals surface area contributed by atoms with Gasteiger partial charge in [0.25, 0.3) is 0 Å². The van der Waals surface area contributed by atoms with Crippen LogP contribution in [-0.2, 0) is 0 Å². The zero-order chi connectivity index (χ0) is 14.4. The lowest BCUT2D eigenvalue weighted by Crippen LogP contribution is -2.58. The molecular formula is C17H34N2. The average molecular weight is 266 g/mol. The molecule has 112 valence electrons. The Kier molecular flexibility index (Phi) is 4.06. The zero-order valence-corrected chi connectivity index (χ0v) is 14.1. The molecule has 0 aromatic rings. The minimum Gasteiger partial charge on any atom is -0.311 e. The molecule has 2 nitrogen and oxygen atoms in total. The number of rotatable bonds is 4. The summed E-state index contributed by atoms with van der Waals surface area (Å²) < 4.78 is 0. The molecule has 0 bridgehead atoms. The monoisotopic (exact) mass is 266 g/mol. The number of piperazine rings is 1. The third kappa shape index (κ3) is 2.58. The van der Waals surface area contributed by atoms with Crippen LogP contribution in [0.3, 0.4) is 0 Å². The second-order valence-electron chi connectivity index (χ2n) is 8.27. The van der Waals surface area contributed by atoms with Gasteiger partial charge in [0.1, 0.15) is 0 Å². The minimum absolute atomic E-state index is 0.515. The summed E-state index contributed by atoms with van der Waals surface area (Å²) in [4.78, 5) is 2.79. The van der Waals surface area contributed by atoms with Crippen LogP contribution in [0.15, 0.2) is 0 Å². The lowest BCUT2D eigenvalue weighted by atomic mass is 9.96. The molecule has 2 fully saturated rings. The molecule has 0 aromatic heterocycles. The van der Waals surface area contributed by atoms with Gasteiger partial charge in [-0.15, -0.1) is 0 Å². The Hall–Kier alpha value is -0.0800. The predicted octanol–water partition coefficient (Wildman–Crippen LogP) is 3.38. The summed E-state index contributed by atoms with van der Waals surface area (Å²) in [5, 5.41) is 3.72. The van der Waals surface area contributed by atoms with Crippen molar-refractivity contribution in [3.63, 3.8) is 0 Å². The summed E-state index contributed by atoms with van der Waals surface area (Å²) >= 11 is 0. The van der Waals surface area contributed by atoms with Gasteiger partial charge in [0.2, 0.25) is 0 Å². The van der Waals surface area contributed by atoms with Gasteiger partial charge in [-0.25, -0.2) is 0 Å². The molecule has 2 heteroatoms. The van der Waals surface area contributed by atoms with Gasteiger partial charge in [0.15, 0.2) is 0 Å². The number of hydrogen-bond donors (Lipinski definition) is 1. The Morgan fingerprint density at radius 2 is 1.74 bits per heavy atom. The van der Waals surface area contributed by atoms with E-state index in [1.165, 1.54) is 26.1 Å². The van der Waals surface area contributed by atoms with E-state index in [4.69, 9.17) is 0 Å². The molecule has 2 aliphatic rings. The molecular weight excluding hydrogens is 232 g/mol. The topological polar surface area (TPSA) is 15.3 Å². The second kappa shape index (κ2) is 5.04. The Balaban J connectivity index is 2.03. The van der Waals surface area contributed by atoms with Gasteiger partial charge in [-0.3, -0.25) is 4.90 Å². The number of hydrogen-bond acceptors (Lipinski definition) is 2. The van der Waals surface area contributed by atoms with E-state index in [0.717, 1.165) is 17.9 Å². The molecule has 1 heterocycles. The van der Waals surface area contributed by atoms with E-state index in [9.17, 15) is 0 Å². The van der Waals surface area contributed by atoms with Gasteiger partial charge in [-0.1, -0.05) is 48.5 Å². The molecule has 2 atom stereocenters. The summed E-state index contributed by atoms with van der Waals surface area (Å²) in [7, 11) is 0. The standard InChI is InChI=1S/C17H34N2/c1-8-13-10-19(14(9-18-13)12(2)3)11-15-16(4,5)17(15,6)7/h12-15,18H,8-11H2,1-7H3. The van der Waals surface area contributed by atoms with Crippen molar-refractivity contribution in [2.45, 2.75) is 67.0 Å². The summed E-state index contributed by atoms with van der Waals surface area (Å²) in [5.74, 6) is 1.60. The summed E-state index contributed by atoms with van der Waals surface area (Å²) in [5.41, 5.74) is 1.03. The van der Waals surface area contributed by atoms with E-state index in [1.54, 1.807) is 0 Å². The van der Waals surface area contributed by atoms with Crippen molar-refractivity contribution in [1.29, 1.82) is 0 Å². The highest BCUT2D eigenvalue weighted by Crippen LogP contribution is 2.68. The second-order valence-corrected chi connectivity index (χ2v) is 8.27. The predicted molar refractivity (Wildman–Crippen MR) is 83.3 cm³/mol. The number of nitrogens with zero attached hydrogens (tertiary/aromatic N) is 1. The van der Waals surface area contributed by atoms with Gasteiger partial charge in [-0.05, 0) is 29.1 Å². The van der Waals surface area contributed by atoms with E-state index in [1.807, 2.05) is 0 Å². The maximum Gasteiger partial charge on any atom is 0.0244 e. The first-order chi connectivity index (χ1) is 8.71. The van der Waals surface area contributed by atoms with Crippen molar-refractivity contribution in [3.8, 4) is 0 Å². The molecule has 19 heavy (non-hydrogen) atoms. The first-order valence-electron chi connectivity index (χ1n) is 8.19. The van der Waals surface area contributed by atoms with E-state index < -0.39 is 0 Å².